The molecule has 5 aliphatic carbocycles. The van der Waals surface area contributed by atoms with E-state index in [1.807, 2.05) is 6.08 Å². The number of halogens is 1. The monoisotopic (exact) mass is 254 g/mol. The molecule has 6 rings (SSSR count). The third-order valence-corrected chi connectivity index (χ3v) is 6.33. The highest BCUT2D eigenvalue weighted by Crippen LogP contribution is 2.88. The van der Waals surface area contributed by atoms with E-state index >= 15 is 0 Å². The molecule has 74 valence electrons. The van der Waals surface area contributed by atoms with E-state index in [4.69, 9.17) is 4.74 Å². The maximum Gasteiger partial charge on any atom is 0.0929 e. The molecule has 6 aliphatic rings. The van der Waals surface area contributed by atoms with E-state index in [9.17, 15) is 5.11 Å². The van der Waals surface area contributed by atoms with Gasteiger partial charge in [-0.1, -0.05) is 15.9 Å². The summed E-state index contributed by atoms with van der Waals surface area (Å²) in [4.78, 5) is 0. The number of hydrogen-bond donors (Lipinski definition) is 1. The van der Waals surface area contributed by atoms with E-state index in [0.29, 0.717) is 17.9 Å². The highest BCUT2D eigenvalue weighted by molar-refractivity contribution is 9.11. The number of aliphatic hydroxyl groups excluding tert-OH is 1. The molecule has 0 amide bonds. The predicted octanol–water partition coefficient (Wildman–Crippen LogP) is 1.29. The second-order valence-corrected chi connectivity index (χ2v) is 6.49. The summed E-state index contributed by atoms with van der Waals surface area (Å²) in [7, 11) is 0. The van der Waals surface area contributed by atoms with Crippen LogP contribution in [0.4, 0.5) is 0 Å². The smallest absolute Gasteiger partial charge is 0.0929 e. The van der Waals surface area contributed by atoms with E-state index < -0.39 is 0 Å². The molecule has 2 nitrogen and oxygen atoms in total. The molecular formula is C11H11BrO2. The lowest BCUT2D eigenvalue weighted by atomic mass is 9.77. The number of hydrogen-bond acceptors (Lipinski definition) is 2. The molecule has 0 aromatic heterocycles. The fourth-order valence-corrected chi connectivity index (χ4v) is 6.09. The van der Waals surface area contributed by atoms with Crippen molar-refractivity contribution >= 4 is 15.9 Å². The van der Waals surface area contributed by atoms with E-state index in [0.717, 1.165) is 16.3 Å². The second kappa shape index (κ2) is 1.76. The Hall–Kier alpha value is 0.140. The van der Waals surface area contributed by atoms with Gasteiger partial charge in [0.1, 0.15) is 0 Å². The summed E-state index contributed by atoms with van der Waals surface area (Å²) in [6, 6.07) is 0. The standard InChI is InChI=1S/C11H11BrO2/c12-5-2-6(13)11-4-1-3-7(11)10(5)14-9(3)8(4)11/h2-4,6-10,13H,1H2/t3?,4?,6-,7?,8?,9?,10+,11?/m0/s1. The van der Waals surface area contributed by atoms with Crippen LogP contribution in [0.2, 0.25) is 0 Å². The molecule has 1 heterocycles. The van der Waals surface area contributed by atoms with Crippen LogP contribution < -0.4 is 0 Å². The van der Waals surface area contributed by atoms with Crippen LogP contribution in [0.5, 0.6) is 0 Å². The molecule has 3 heteroatoms. The van der Waals surface area contributed by atoms with Crippen LogP contribution in [0.1, 0.15) is 6.42 Å². The fourth-order valence-electron chi connectivity index (χ4n) is 5.45. The predicted molar refractivity (Wildman–Crippen MR) is 52.7 cm³/mol. The van der Waals surface area contributed by atoms with Gasteiger partial charge in [0.05, 0.1) is 18.3 Å². The summed E-state index contributed by atoms with van der Waals surface area (Å²) in [5.74, 6) is 2.91. The lowest BCUT2D eigenvalue weighted by Gasteiger charge is -2.36. The van der Waals surface area contributed by atoms with Crippen molar-refractivity contribution in [2.75, 3.05) is 0 Å². The van der Waals surface area contributed by atoms with E-state index in [1.54, 1.807) is 0 Å². The third kappa shape index (κ3) is 0.446. The first-order valence-corrected chi connectivity index (χ1v) is 6.26. The van der Waals surface area contributed by atoms with Crippen molar-refractivity contribution in [3.05, 3.63) is 10.6 Å². The van der Waals surface area contributed by atoms with Crippen molar-refractivity contribution in [2.45, 2.75) is 24.7 Å². The largest absolute Gasteiger partial charge is 0.388 e. The van der Waals surface area contributed by atoms with Gasteiger partial charge in [-0.25, -0.2) is 0 Å². The molecule has 0 aromatic rings. The minimum Gasteiger partial charge on any atom is -0.388 e. The molecule has 1 saturated heterocycles. The molecule has 1 N–H and O–H groups in total. The van der Waals surface area contributed by atoms with Crippen molar-refractivity contribution < 1.29 is 9.84 Å². The Labute approximate surface area is 90.4 Å². The van der Waals surface area contributed by atoms with Gasteiger partial charge in [0, 0.05) is 15.8 Å². The minimum absolute atomic E-state index is 0.202. The lowest BCUT2D eigenvalue weighted by molar-refractivity contribution is -0.0390. The summed E-state index contributed by atoms with van der Waals surface area (Å²) in [5, 5.41) is 10.2. The number of ether oxygens (including phenoxy) is 1. The first kappa shape index (κ1) is 7.42. The molecule has 8 atom stereocenters. The Bertz CT molecular complexity index is 393. The van der Waals surface area contributed by atoms with Crippen LogP contribution in [-0.2, 0) is 4.74 Å². The minimum atomic E-state index is -0.202. The molecule has 0 radical (unpaired) electrons. The molecule has 6 bridgehead atoms. The molecule has 14 heavy (non-hydrogen) atoms. The molecule has 1 spiro atoms. The molecular weight excluding hydrogens is 244 g/mol. The quantitative estimate of drug-likeness (QED) is 0.706. The first-order chi connectivity index (χ1) is 6.76. The van der Waals surface area contributed by atoms with Gasteiger partial charge in [-0.2, -0.15) is 0 Å². The van der Waals surface area contributed by atoms with Crippen LogP contribution >= 0.6 is 15.9 Å². The molecule has 0 aromatic carbocycles. The zero-order valence-electron chi connectivity index (χ0n) is 7.56. The zero-order chi connectivity index (χ0) is 9.24. The number of aliphatic hydroxyl groups is 1. The average Bonchev–Trinajstić information content (AvgIpc) is 2.60. The lowest BCUT2D eigenvalue weighted by Crippen LogP contribution is -2.41. The van der Waals surface area contributed by atoms with Gasteiger partial charge in [-0.3, -0.25) is 0 Å². The Kier molecular flexibility index (Phi) is 0.934. The van der Waals surface area contributed by atoms with Crippen molar-refractivity contribution in [2.24, 2.45) is 29.1 Å². The molecule has 5 fully saturated rings. The SMILES string of the molecule is O[C@H]1C=C(Br)[C@H]2OC3C4CC5C3C51C42. The summed E-state index contributed by atoms with van der Waals surface area (Å²) in [5.41, 5.74) is 0.273. The molecule has 6 unspecified atom stereocenters. The van der Waals surface area contributed by atoms with Crippen LogP contribution in [0.3, 0.4) is 0 Å². The van der Waals surface area contributed by atoms with Crippen molar-refractivity contribution in [3.8, 4) is 0 Å². The van der Waals surface area contributed by atoms with Gasteiger partial charge in [0.15, 0.2) is 0 Å². The van der Waals surface area contributed by atoms with Crippen LogP contribution in [-0.4, -0.2) is 23.4 Å². The van der Waals surface area contributed by atoms with Crippen LogP contribution in [0.25, 0.3) is 0 Å². The Morgan fingerprint density at radius 2 is 2.36 bits per heavy atom. The molecule has 4 saturated carbocycles. The Balaban J connectivity index is 1.82. The van der Waals surface area contributed by atoms with Crippen LogP contribution in [0.15, 0.2) is 10.6 Å². The molecule has 1 aliphatic heterocycles. The first-order valence-electron chi connectivity index (χ1n) is 5.47. The van der Waals surface area contributed by atoms with E-state index in [2.05, 4.69) is 15.9 Å². The van der Waals surface area contributed by atoms with Gasteiger partial charge < -0.3 is 9.84 Å². The normalized spacial score (nSPS) is 75.3. The maximum absolute atomic E-state index is 10.2. The zero-order valence-corrected chi connectivity index (χ0v) is 9.15. The summed E-state index contributed by atoms with van der Waals surface area (Å²) in [6.45, 7) is 0. The third-order valence-electron chi connectivity index (χ3n) is 5.62. The topological polar surface area (TPSA) is 29.5 Å². The van der Waals surface area contributed by atoms with Gasteiger partial charge in [0.25, 0.3) is 0 Å². The van der Waals surface area contributed by atoms with Gasteiger partial charge in [-0.05, 0) is 30.3 Å². The maximum atomic E-state index is 10.2. The fraction of sp³-hybridized carbons (Fsp3) is 0.818. The summed E-state index contributed by atoms with van der Waals surface area (Å²) >= 11 is 3.55. The summed E-state index contributed by atoms with van der Waals surface area (Å²) in [6.07, 6.45) is 3.88. The highest BCUT2D eigenvalue weighted by atomic mass is 79.9. The van der Waals surface area contributed by atoms with Gasteiger partial charge in [-0.15, -0.1) is 0 Å². The van der Waals surface area contributed by atoms with Gasteiger partial charge in [0.2, 0.25) is 0 Å². The van der Waals surface area contributed by atoms with Gasteiger partial charge >= 0.3 is 0 Å². The highest BCUT2D eigenvalue weighted by Gasteiger charge is 2.90. The van der Waals surface area contributed by atoms with E-state index in [-0.39, 0.29) is 17.6 Å². The average molecular weight is 255 g/mol. The van der Waals surface area contributed by atoms with E-state index in [1.165, 1.54) is 6.42 Å². The number of rotatable bonds is 0. The van der Waals surface area contributed by atoms with Crippen molar-refractivity contribution in [1.82, 2.24) is 0 Å². The summed E-state index contributed by atoms with van der Waals surface area (Å²) < 4.78 is 7.16. The van der Waals surface area contributed by atoms with Crippen molar-refractivity contribution in [1.29, 1.82) is 0 Å². The Morgan fingerprint density at radius 1 is 1.50 bits per heavy atom. The van der Waals surface area contributed by atoms with Crippen molar-refractivity contribution in [3.63, 3.8) is 0 Å². The van der Waals surface area contributed by atoms with Crippen LogP contribution in [0, 0.1) is 29.1 Å². The Morgan fingerprint density at radius 3 is 3.14 bits per heavy atom. The second-order valence-electron chi connectivity index (χ2n) is 5.58.